The summed E-state index contributed by atoms with van der Waals surface area (Å²) in [6, 6.07) is 8.07. The molecule has 2 rings (SSSR count). The number of hydrogen-bond donors (Lipinski definition) is 2. The van der Waals surface area contributed by atoms with E-state index in [-0.39, 0.29) is 18.8 Å². The van der Waals surface area contributed by atoms with E-state index in [1.807, 2.05) is 31.2 Å². The molecule has 1 aliphatic heterocycles. The van der Waals surface area contributed by atoms with Gasteiger partial charge in [0.05, 0.1) is 18.4 Å². The highest BCUT2D eigenvalue weighted by molar-refractivity contribution is 6.01. The van der Waals surface area contributed by atoms with Gasteiger partial charge >= 0.3 is 0 Å². The van der Waals surface area contributed by atoms with E-state index < -0.39 is 6.80 Å². The first-order valence-corrected chi connectivity index (χ1v) is 6.39. The van der Waals surface area contributed by atoms with Crippen molar-refractivity contribution in [2.24, 2.45) is 10.9 Å². The molecule has 0 bridgehead atoms. The number of methoxy groups -OCH3 is 1. The minimum Gasteiger partial charge on any atom is -0.392 e. The number of ether oxygens (including phenoxy) is 1. The molecule has 0 saturated carbocycles. The topological polar surface area (TPSA) is 77.1 Å². The van der Waals surface area contributed by atoms with Gasteiger partial charge in [-0.25, -0.2) is 4.39 Å². The molecule has 1 aromatic rings. The molecular formula is C14H21FN2O3. The number of benzene rings is 1. The monoisotopic (exact) mass is 284 g/mol. The van der Waals surface area contributed by atoms with Crippen molar-refractivity contribution < 1.29 is 19.1 Å². The largest absolute Gasteiger partial charge is 0.392 e. The molecule has 0 saturated heterocycles. The Hall–Kier alpha value is -1.50. The molecule has 1 heterocycles. The van der Waals surface area contributed by atoms with Gasteiger partial charge in [0.2, 0.25) is 0 Å². The Morgan fingerprint density at radius 2 is 2.10 bits per heavy atom. The number of nitrogens with two attached hydrogens (primary N) is 1. The molecule has 2 unspecified atom stereocenters. The van der Waals surface area contributed by atoms with Crippen molar-refractivity contribution in [1.29, 1.82) is 0 Å². The lowest BCUT2D eigenvalue weighted by Gasteiger charge is -2.10. The molecule has 1 aromatic carbocycles. The van der Waals surface area contributed by atoms with Crippen LogP contribution in [0.15, 0.2) is 29.4 Å². The maximum atomic E-state index is 10.1. The van der Waals surface area contributed by atoms with Gasteiger partial charge in [0.1, 0.15) is 6.80 Å². The summed E-state index contributed by atoms with van der Waals surface area (Å²) in [5, 5.41) is 12.9. The number of rotatable bonds is 4. The minimum absolute atomic E-state index is 0.00575. The molecule has 2 atom stereocenters. The standard InChI is InChI=1S/C13H17NO3.CH4FN/c1-9(16-2)10-3-5-11(6-4-10)13-7-12(8-15)17-14-13;2-1-3/h3-6,9,12,15H,7-8H2,1-2H3;1,3H2. The lowest BCUT2D eigenvalue weighted by atomic mass is 10.0. The number of alkyl halides is 1. The fraction of sp³-hybridized carbons (Fsp3) is 0.500. The maximum absolute atomic E-state index is 10.1. The highest BCUT2D eigenvalue weighted by atomic mass is 19.1. The van der Waals surface area contributed by atoms with Crippen LogP contribution in [-0.4, -0.2) is 37.4 Å². The molecule has 0 radical (unpaired) electrons. The first-order chi connectivity index (χ1) is 9.65. The van der Waals surface area contributed by atoms with E-state index in [9.17, 15) is 4.39 Å². The second-order valence-electron chi connectivity index (χ2n) is 4.31. The van der Waals surface area contributed by atoms with Gasteiger partial charge in [-0.1, -0.05) is 29.4 Å². The summed E-state index contributed by atoms with van der Waals surface area (Å²) in [6.45, 7) is 1.26. The lowest BCUT2D eigenvalue weighted by Crippen LogP contribution is -2.12. The van der Waals surface area contributed by atoms with Crippen molar-refractivity contribution in [2.75, 3.05) is 20.5 Å². The Labute approximate surface area is 118 Å². The smallest absolute Gasteiger partial charge is 0.156 e. The van der Waals surface area contributed by atoms with E-state index in [4.69, 9.17) is 14.7 Å². The summed E-state index contributed by atoms with van der Waals surface area (Å²) in [5.41, 5.74) is 7.24. The van der Waals surface area contributed by atoms with Crippen LogP contribution in [0.4, 0.5) is 4.39 Å². The lowest BCUT2D eigenvalue weighted by molar-refractivity contribution is 0.0390. The summed E-state index contributed by atoms with van der Waals surface area (Å²) in [4.78, 5) is 5.08. The molecule has 0 spiro atoms. The molecule has 20 heavy (non-hydrogen) atoms. The number of halogens is 1. The van der Waals surface area contributed by atoms with E-state index in [1.165, 1.54) is 0 Å². The molecule has 5 nitrogen and oxygen atoms in total. The summed E-state index contributed by atoms with van der Waals surface area (Å²) in [5.74, 6) is 0. The highest BCUT2D eigenvalue weighted by Crippen LogP contribution is 2.20. The van der Waals surface area contributed by atoms with Crippen LogP contribution in [0.5, 0.6) is 0 Å². The van der Waals surface area contributed by atoms with E-state index in [1.54, 1.807) is 7.11 Å². The molecule has 3 N–H and O–H groups in total. The van der Waals surface area contributed by atoms with E-state index >= 15 is 0 Å². The van der Waals surface area contributed by atoms with Crippen LogP contribution in [0.3, 0.4) is 0 Å². The number of aliphatic hydroxyl groups is 1. The summed E-state index contributed by atoms with van der Waals surface area (Å²) in [6.07, 6.45) is 0.564. The van der Waals surface area contributed by atoms with Gasteiger partial charge in [0.15, 0.2) is 6.10 Å². The van der Waals surface area contributed by atoms with Gasteiger partial charge in [-0.3, -0.25) is 0 Å². The second-order valence-corrected chi connectivity index (χ2v) is 4.31. The van der Waals surface area contributed by atoms with Crippen LogP contribution in [0.1, 0.15) is 30.6 Å². The zero-order chi connectivity index (χ0) is 15.0. The van der Waals surface area contributed by atoms with Gasteiger partial charge < -0.3 is 20.4 Å². The van der Waals surface area contributed by atoms with E-state index in [0.29, 0.717) is 6.42 Å². The van der Waals surface area contributed by atoms with Crippen molar-refractivity contribution in [3.63, 3.8) is 0 Å². The third-order valence-electron chi connectivity index (χ3n) is 3.00. The Balaban J connectivity index is 0.000000612. The molecule has 112 valence electrons. The van der Waals surface area contributed by atoms with Crippen LogP contribution in [0, 0.1) is 0 Å². The predicted octanol–water partition coefficient (Wildman–Crippen LogP) is 1.75. The summed E-state index contributed by atoms with van der Waals surface area (Å²) in [7, 11) is 1.69. The molecule has 1 aliphatic rings. The van der Waals surface area contributed by atoms with Gasteiger partial charge in [-0.15, -0.1) is 0 Å². The average Bonchev–Trinajstić information content (AvgIpc) is 2.96. The Morgan fingerprint density at radius 3 is 2.55 bits per heavy atom. The van der Waals surface area contributed by atoms with Crippen LogP contribution >= 0.6 is 0 Å². The number of oxime groups is 1. The van der Waals surface area contributed by atoms with Crippen LogP contribution < -0.4 is 5.73 Å². The van der Waals surface area contributed by atoms with E-state index in [0.717, 1.165) is 16.8 Å². The Morgan fingerprint density at radius 1 is 1.50 bits per heavy atom. The summed E-state index contributed by atoms with van der Waals surface area (Å²) >= 11 is 0. The van der Waals surface area contributed by atoms with Crippen molar-refractivity contribution in [2.45, 2.75) is 25.6 Å². The van der Waals surface area contributed by atoms with Gasteiger partial charge in [0, 0.05) is 13.5 Å². The fourth-order valence-electron chi connectivity index (χ4n) is 1.78. The van der Waals surface area contributed by atoms with Gasteiger partial charge in [-0.05, 0) is 18.1 Å². The first-order valence-electron chi connectivity index (χ1n) is 6.39. The molecule has 0 aliphatic carbocycles. The third kappa shape index (κ3) is 4.56. The average molecular weight is 284 g/mol. The molecular weight excluding hydrogens is 263 g/mol. The first kappa shape index (κ1) is 16.6. The van der Waals surface area contributed by atoms with Crippen molar-refractivity contribution in [3.05, 3.63) is 35.4 Å². The number of aliphatic hydroxyl groups excluding tert-OH is 1. The van der Waals surface area contributed by atoms with Crippen LogP contribution in [0.2, 0.25) is 0 Å². The second kappa shape index (κ2) is 8.63. The van der Waals surface area contributed by atoms with Crippen molar-refractivity contribution in [3.8, 4) is 0 Å². The van der Waals surface area contributed by atoms with Crippen molar-refractivity contribution in [1.82, 2.24) is 0 Å². The zero-order valence-corrected chi connectivity index (χ0v) is 11.8. The highest BCUT2D eigenvalue weighted by Gasteiger charge is 2.21. The molecule has 0 aromatic heterocycles. The van der Waals surface area contributed by atoms with Crippen molar-refractivity contribution >= 4 is 5.71 Å². The quantitative estimate of drug-likeness (QED) is 0.826. The summed E-state index contributed by atoms with van der Waals surface area (Å²) < 4.78 is 15.3. The number of nitrogens with zero attached hydrogens (tertiary/aromatic N) is 1. The van der Waals surface area contributed by atoms with Crippen LogP contribution in [0.25, 0.3) is 0 Å². The Bertz CT molecular complexity index is 423. The Kier molecular flexibility index (Phi) is 7.14. The maximum Gasteiger partial charge on any atom is 0.156 e. The molecule has 0 fully saturated rings. The fourth-order valence-corrected chi connectivity index (χ4v) is 1.78. The van der Waals surface area contributed by atoms with Gasteiger partial charge in [0.25, 0.3) is 0 Å². The van der Waals surface area contributed by atoms with Gasteiger partial charge in [-0.2, -0.15) is 0 Å². The van der Waals surface area contributed by atoms with Crippen LogP contribution in [-0.2, 0) is 9.57 Å². The SMILES string of the molecule is COC(C)c1ccc(C2=NOC(CO)C2)cc1.NCF. The predicted molar refractivity (Wildman–Crippen MR) is 75.1 cm³/mol. The molecule has 6 heteroatoms. The molecule has 0 amide bonds. The third-order valence-corrected chi connectivity index (χ3v) is 3.00. The number of hydrogen-bond acceptors (Lipinski definition) is 5. The minimum atomic E-state index is -0.750. The zero-order valence-electron chi connectivity index (χ0n) is 11.8. The van der Waals surface area contributed by atoms with E-state index in [2.05, 4.69) is 10.9 Å². The normalized spacial score (nSPS) is 18.6.